The Morgan fingerprint density at radius 1 is 1.45 bits per heavy atom. The van der Waals surface area contributed by atoms with E-state index in [-0.39, 0.29) is 11.4 Å². The van der Waals surface area contributed by atoms with Gasteiger partial charge in [-0.3, -0.25) is 0 Å². The van der Waals surface area contributed by atoms with Crippen LogP contribution in [0.3, 0.4) is 0 Å². The highest BCUT2D eigenvalue weighted by Gasteiger charge is 2.36. The van der Waals surface area contributed by atoms with Crippen molar-refractivity contribution in [3.05, 3.63) is 29.6 Å². The molecule has 2 rings (SSSR count). The van der Waals surface area contributed by atoms with Crippen LogP contribution in [-0.2, 0) is 0 Å². The molecule has 2 unspecified atom stereocenters. The highest BCUT2D eigenvalue weighted by Crippen LogP contribution is 2.31. The molecule has 1 aromatic carbocycles. The van der Waals surface area contributed by atoms with Crippen LogP contribution in [0.5, 0.6) is 0 Å². The van der Waals surface area contributed by atoms with Gasteiger partial charge in [-0.15, -0.1) is 0 Å². The van der Waals surface area contributed by atoms with Crippen molar-refractivity contribution in [2.24, 2.45) is 5.92 Å². The maximum atomic E-state index is 13.9. The lowest BCUT2D eigenvalue weighted by Gasteiger charge is -2.49. The Hall–Kier alpha value is -1.09. The average Bonchev–Trinajstić information content (AvgIpc) is 2.41. The molecule has 1 aromatic rings. The smallest absolute Gasteiger partial charge is 0.128 e. The van der Waals surface area contributed by atoms with Crippen molar-refractivity contribution in [2.45, 2.75) is 52.6 Å². The second kappa shape index (κ2) is 5.72. The normalized spacial score (nSPS) is 27.1. The SMILES string of the molecule is CCC1(C)CN(c2cccc(F)c2C)C(C(C)C)CN1. The summed E-state index contributed by atoms with van der Waals surface area (Å²) in [4.78, 5) is 2.41. The number of piperazine rings is 1. The molecule has 2 nitrogen and oxygen atoms in total. The molecule has 20 heavy (non-hydrogen) atoms. The van der Waals surface area contributed by atoms with E-state index in [9.17, 15) is 4.39 Å². The van der Waals surface area contributed by atoms with E-state index in [1.807, 2.05) is 13.0 Å². The molecular weight excluding hydrogens is 251 g/mol. The molecular formula is C17H27FN2. The molecule has 2 atom stereocenters. The van der Waals surface area contributed by atoms with Crippen molar-refractivity contribution in [3.63, 3.8) is 0 Å². The van der Waals surface area contributed by atoms with Crippen molar-refractivity contribution in [3.8, 4) is 0 Å². The zero-order chi connectivity index (χ0) is 14.9. The Bertz CT molecular complexity index is 472. The molecule has 1 fully saturated rings. The molecule has 0 saturated carbocycles. The fourth-order valence-electron chi connectivity index (χ4n) is 3.01. The van der Waals surface area contributed by atoms with E-state index in [0.717, 1.165) is 30.8 Å². The number of halogens is 1. The summed E-state index contributed by atoms with van der Waals surface area (Å²) in [5.41, 5.74) is 1.91. The first kappa shape index (κ1) is 15.3. The summed E-state index contributed by atoms with van der Waals surface area (Å²) in [6, 6.07) is 5.83. The van der Waals surface area contributed by atoms with E-state index in [0.29, 0.717) is 12.0 Å². The van der Waals surface area contributed by atoms with Crippen LogP contribution < -0.4 is 10.2 Å². The van der Waals surface area contributed by atoms with Gasteiger partial charge >= 0.3 is 0 Å². The van der Waals surface area contributed by atoms with E-state index >= 15 is 0 Å². The molecule has 1 aliphatic heterocycles. The Labute approximate surface area is 122 Å². The van der Waals surface area contributed by atoms with E-state index < -0.39 is 0 Å². The van der Waals surface area contributed by atoms with E-state index in [1.54, 1.807) is 6.07 Å². The minimum absolute atomic E-state index is 0.101. The van der Waals surface area contributed by atoms with Gasteiger partial charge in [0.25, 0.3) is 0 Å². The van der Waals surface area contributed by atoms with Crippen LogP contribution in [0.1, 0.15) is 39.7 Å². The number of hydrogen-bond acceptors (Lipinski definition) is 2. The lowest BCUT2D eigenvalue weighted by molar-refractivity contribution is 0.252. The van der Waals surface area contributed by atoms with Gasteiger partial charge < -0.3 is 10.2 Å². The van der Waals surface area contributed by atoms with Crippen LogP contribution in [0.2, 0.25) is 0 Å². The first-order valence-electron chi connectivity index (χ1n) is 7.65. The van der Waals surface area contributed by atoms with Gasteiger partial charge in [0.15, 0.2) is 0 Å². The summed E-state index contributed by atoms with van der Waals surface area (Å²) in [5.74, 6) is 0.424. The Kier molecular flexibility index (Phi) is 4.38. The number of hydrogen-bond donors (Lipinski definition) is 1. The second-order valence-corrected chi connectivity index (χ2v) is 6.62. The molecule has 1 heterocycles. The number of benzene rings is 1. The summed E-state index contributed by atoms with van der Waals surface area (Å²) in [6.07, 6.45) is 1.07. The highest BCUT2D eigenvalue weighted by atomic mass is 19.1. The summed E-state index contributed by atoms with van der Waals surface area (Å²) < 4.78 is 13.9. The molecule has 3 heteroatoms. The van der Waals surface area contributed by atoms with Crippen LogP contribution >= 0.6 is 0 Å². The minimum atomic E-state index is -0.109. The summed E-state index contributed by atoms with van der Waals surface area (Å²) in [5, 5.41) is 3.67. The Balaban J connectivity index is 2.39. The molecule has 0 aliphatic carbocycles. The van der Waals surface area contributed by atoms with Gasteiger partial charge in [0.05, 0.1) is 0 Å². The van der Waals surface area contributed by atoms with Crippen molar-refractivity contribution >= 4 is 5.69 Å². The molecule has 1 N–H and O–H groups in total. The first-order valence-corrected chi connectivity index (χ1v) is 7.65. The van der Waals surface area contributed by atoms with Gasteiger partial charge in [-0.2, -0.15) is 0 Å². The molecule has 0 spiro atoms. The summed E-state index contributed by atoms with van der Waals surface area (Å²) >= 11 is 0. The van der Waals surface area contributed by atoms with Crippen LogP contribution in [0, 0.1) is 18.7 Å². The number of rotatable bonds is 3. The van der Waals surface area contributed by atoms with Crippen LogP contribution in [0.4, 0.5) is 10.1 Å². The summed E-state index contributed by atoms with van der Waals surface area (Å²) in [6.45, 7) is 12.7. The first-order chi connectivity index (χ1) is 9.38. The van der Waals surface area contributed by atoms with Crippen LogP contribution in [0.25, 0.3) is 0 Å². The van der Waals surface area contributed by atoms with Crippen molar-refractivity contribution < 1.29 is 4.39 Å². The molecule has 0 amide bonds. The van der Waals surface area contributed by atoms with Crippen molar-refractivity contribution in [1.82, 2.24) is 5.32 Å². The van der Waals surface area contributed by atoms with Crippen LogP contribution in [0.15, 0.2) is 18.2 Å². The Morgan fingerprint density at radius 3 is 2.75 bits per heavy atom. The minimum Gasteiger partial charge on any atom is -0.365 e. The third-order valence-electron chi connectivity index (χ3n) is 4.76. The fraction of sp³-hybridized carbons (Fsp3) is 0.647. The molecule has 0 bridgehead atoms. The van der Waals surface area contributed by atoms with Gasteiger partial charge in [0.2, 0.25) is 0 Å². The predicted octanol–water partition coefficient (Wildman–Crippen LogP) is 3.74. The molecule has 0 aromatic heterocycles. The van der Waals surface area contributed by atoms with Gasteiger partial charge in [-0.25, -0.2) is 4.39 Å². The molecule has 112 valence electrons. The van der Waals surface area contributed by atoms with Crippen molar-refractivity contribution in [2.75, 3.05) is 18.0 Å². The average molecular weight is 278 g/mol. The lowest BCUT2D eigenvalue weighted by Crippen LogP contribution is -2.64. The largest absolute Gasteiger partial charge is 0.365 e. The topological polar surface area (TPSA) is 15.3 Å². The van der Waals surface area contributed by atoms with E-state index in [4.69, 9.17) is 0 Å². The van der Waals surface area contributed by atoms with Gasteiger partial charge in [0, 0.05) is 35.9 Å². The molecule has 1 saturated heterocycles. The predicted molar refractivity (Wildman–Crippen MR) is 83.8 cm³/mol. The number of nitrogens with one attached hydrogen (secondary N) is 1. The zero-order valence-electron chi connectivity index (χ0n) is 13.3. The van der Waals surface area contributed by atoms with E-state index in [2.05, 4.69) is 44.0 Å². The maximum absolute atomic E-state index is 13.9. The monoisotopic (exact) mass is 278 g/mol. The molecule has 0 radical (unpaired) electrons. The number of anilines is 1. The van der Waals surface area contributed by atoms with Gasteiger partial charge in [-0.1, -0.05) is 26.8 Å². The van der Waals surface area contributed by atoms with Crippen molar-refractivity contribution in [1.29, 1.82) is 0 Å². The standard InChI is InChI=1S/C17H27FN2/c1-6-17(5)11-20(16(10-19-17)12(2)3)15-9-7-8-14(18)13(15)4/h7-9,12,16,19H,6,10-11H2,1-5H3. The highest BCUT2D eigenvalue weighted by molar-refractivity contribution is 5.55. The third kappa shape index (κ3) is 2.83. The van der Waals surface area contributed by atoms with Gasteiger partial charge in [0.1, 0.15) is 5.82 Å². The Morgan fingerprint density at radius 2 is 2.15 bits per heavy atom. The van der Waals surface area contributed by atoms with E-state index in [1.165, 1.54) is 0 Å². The quantitative estimate of drug-likeness (QED) is 0.906. The lowest BCUT2D eigenvalue weighted by atomic mass is 9.89. The third-order valence-corrected chi connectivity index (χ3v) is 4.76. The number of nitrogens with zero attached hydrogens (tertiary/aromatic N) is 1. The second-order valence-electron chi connectivity index (χ2n) is 6.62. The van der Waals surface area contributed by atoms with Gasteiger partial charge in [-0.05, 0) is 38.3 Å². The van der Waals surface area contributed by atoms with Crippen LogP contribution in [-0.4, -0.2) is 24.7 Å². The summed E-state index contributed by atoms with van der Waals surface area (Å²) in [7, 11) is 0. The zero-order valence-corrected chi connectivity index (χ0v) is 13.3. The fourth-order valence-corrected chi connectivity index (χ4v) is 3.01. The maximum Gasteiger partial charge on any atom is 0.128 e. The molecule has 1 aliphatic rings.